The molecule has 0 aliphatic carbocycles. The minimum absolute atomic E-state index is 0.495. The van der Waals surface area contributed by atoms with Crippen molar-refractivity contribution in [1.29, 1.82) is 0 Å². The van der Waals surface area contributed by atoms with Crippen molar-refractivity contribution in [2.45, 2.75) is 64.1 Å². The van der Waals surface area contributed by atoms with Gasteiger partial charge in [0, 0.05) is 24.7 Å². The zero-order chi connectivity index (χ0) is 13.3. The van der Waals surface area contributed by atoms with Gasteiger partial charge in [-0.25, -0.2) is 0 Å². The Morgan fingerprint density at radius 1 is 1.33 bits per heavy atom. The lowest BCUT2D eigenvalue weighted by molar-refractivity contribution is -0.146. The third kappa shape index (κ3) is 2.86. The molecule has 0 radical (unpaired) electrons. The lowest BCUT2D eigenvalue weighted by atomic mass is 9.82. The quantitative estimate of drug-likeness (QED) is 0.802. The van der Waals surface area contributed by atoms with Crippen LogP contribution in [-0.2, 0) is 4.79 Å². The Morgan fingerprint density at radius 3 is 2.39 bits per heavy atom. The van der Waals surface area contributed by atoms with Crippen molar-refractivity contribution >= 4 is 5.97 Å². The number of hydrogen-bond acceptors (Lipinski definition) is 3. The highest BCUT2D eigenvalue weighted by Gasteiger charge is 2.37. The summed E-state index contributed by atoms with van der Waals surface area (Å²) in [7, 11) is 2.24. The van der Waals surface area contributed by atoms with Crippen LogP contribution >= 0.6 is 0 Å². The fourth-order valence-corrected chi connectivity index (χ4v) is 3.26. The molecule has 0 spiro atoms. The van der Waals surface area contributed by atoms with Gasteiger partial charge in [0.1, 0.15) is 0 Å². The van der Waals surface area contributed by atoms with Gasteiger partial charge >= 0.3 is 5.97 Å². The number of carbonyl (C=O) groups is 1. The van der Waals surface area contributed by atoms with E-state index >= 15 is 0 Å². The normalized spacial score (nSPS) is 33.4. The second-order valence-corrected chi connectivity index (χ2v) is 6.64. The maximum Gasteiger partial charge on any atom is 0.310 e. The van der Waals surface area contributed by atoms with Crippen LogP contribution in [0.15, 0.2) is 0 Å². The van der Waals surface area contributed by atoms with Crippen LogP contribution in [0.1, 0.15) is 46.0 Å². The van der Waals surface area contributed by atoms with Gasteiger partial charge in [-0.1, -0.05) is 6.42 Å². The van der Waals surface area contributed by atoms with E-state index in [1.54, 1.807) is 13.8 Å². The summed E-state index contributed by atoms with van der Waals surface area (Å²) < 4.78 is 0. The van der Waals surface area contributed by atoms with Gasteiger partial charge in [-0.15, -0.1) is 0 Å². The van der Waals surface area contributed by atoms with Gasteiger partial charge in [0.25, 0.3) is 0 Å². The third-order valence-electron chi connectivity index (χ3n) is 4.75. The van der Waals surface area contributed by atoms with Crippen molar-refractivity contribution in [3.8, 4) is 0 Å². The Hall–Kier alpha value is -0.610. The molecule has 4 nitrogen and oxygen atoms in total. The molecule has 2 rings (SSSR count). The molecule has 2 aliphatic rings. The van der Waals surface area contributed by atoms with Crippen LogP contribution in [0.3, 0.4) is 0 Å². The largest absolute Gasteiger partial charge is 0.481 e. The van der Waals surface area contributed by atoms with Gasteiger partial charge < -0.3 is 15.3 Å². The van der Waals surface area contributed by atoms with Gasteiger partial charge in [0.15, 0.2) is 0 Å². The Labute approximate surface area is 110 Å². The Bertz CT molecular complexity index is 303. The summed E-state index contributed by atoms with van der Waals surface area (Å²) in [6.07, 6.45) is 6.29. The molecule has 0 amide bonds. The number of carboxylic acid groups (broad SMARTS) is 1. The lowest BCUT2D eigenvalue weighted by Crippen LogP contribution is -2.55. The molecule has 2 fully saturated rings. The van der Waals surface area contributed by atoms with Crippen molar-refractivity contribution in [2.75, 3.05) is 13.6 Å². The van der Waals surface area contributed by atoms with Crippen molar-refractivity contribution in [3.05, 3.63) is 0 Å². The summed E-state index contributed by atoms with van der Waals surface area (Å²) in [5, 5.41) is 12.6. The average molecular weight is 254 g/mol. The highest BCUT2D eigenvalue weighted by molar-refractivity contribution is 5.73. The minimum atomic E-state index is -0.719. The molecule has 18 heavy (non-hydrogen) atoms. The number of piperidine rings is 2. The fourth-order valence-electron chi connectivity index (χ4n) is 3.26. The summed E-state index contributed by atoms with van der Waals surface area (Å²) in [6, 6.07) is 1.89. The van der Waals surface area contributed by atoms with E-state index in [1.165, 1.54) is 32.1 Å². The monoisotopic (exact) mass is 254 g/mol. The van der Waals surface area contributed by atoms with Crippen molar-refractivity contribution in [2.24, 2.45) is 5.41 Å². The van der Waals surface area contributed by atoms with E-state index in [9.17, 15) is 4.79 Å². The molecule has 2 bridgehead atoms. The van der Waals surface area contributed by atoms with Gasteiger partial charge in [0.05, 0.1) is 5.41 Å². The van der Waals surface area contributed by atoms with E-state index in [-0.39, 0.29) is 0 Å². The number of hydrogen-bond donors (Lipinski definition) is 2. The molecule has 2 unspecified atom stereocenters. The highest BCUT2D eigenvalue weighted by atomic mass is 16.4. The number of rotatable bonds is 4. The predicted molar refractivity (Wildman–Crippen MR) is 71.6 cm³/mol. The molecule has 0 aromatic rings. The molecule has 2 atom stereocenters. The number of nitrogens with one attached hydrogen (secondary N) is 1. The summed E-state index contributed by atoms with van der Waals surface area (Å²) in [5.74, 6) is -0.719. The highest BCUT2D eigenvalue weighted by Crippen LogP contribution is 2.32. The average Bonchev–Trinajstić information content (AvgIpc) is 2.26. The zero-order valence-electron chi connectivity index (χ0n) is 11.8. The topological polar surface area (TPSA) is 52.6 Å². The number of aliphatic carboxylic acids is 1. The number of nitrogens with zero attached hydrogens (tertiary/aromatic N) is 1. The summed E-state index contributed by atoms with van der Waals surface area (Å²) in [6.45, 7) is 4.15. The van der Waals surface area contributed by atoms with Gasteiger partial charge in [0.2, 0.25) is 0 Å². The number of carboxylic acids is 1. The molecule has 0 saturated carbocycles. The molecular weight excluding hydrogens is 228 g/mol. The van der Waals surface area contributed by atoms with Crippen LogP contribution in [0.5, 0.6) is 0 Å². The van der Waals surface area contributed by atoms with Crippen LogP contribution in [0, 0.1) is 5.41 Å². The van der Waals surface area contributed by atoms with Gasteiger partial charge in [-0.05, 0) is 46.6 Å². The second kappa shape index (κ2) is 5.17. The van der Waals surface area contributed by atoms with Crippen molar-refractivity contribution in [1.82, 2.24) is 10.2 Å². The second-order valence-electron chi connectivity index (χ2n) is 6.64. The van der Waals surface area contributed by atoms with E-state index in [4.69, 9.17) is 5.11 Å². The summed E-state index contributed by atoms with van der Waals surface area (Å²) in [4.78, 5) is 13.6. The first-order chi connectivity index (χ1) is 8.40. The molecular formula is C14H26N2O2. The van der Waals surface area contributed by atoms with Crippen molar-refractivity contribution < 1.29 is 9.90 Å². The van der Waals surface area contributed by atoms with Gasteiger partial charge in [-0.2, -0.15) is 0 Å². The first kappa shape index (κ1) is 13.8. The fraction of sp³-hybridized carbons (Fsp3) is 0.929. The van der Waals surface area contributed by atoms with E-state index in [0.29, 0.717) is 24.7 Å². The predicted octanol–water partition coefficient (Wildman–Crippen LogP) is 1.70. The molecule has 4 heteroatoms. The Kier molecular flexibility index (Phi) is 3.97. The first-order valence-corrected chi connectivity index (χ1v) is 7.09. The molecule has 2 N–H and O–H groups in total. The minimum Gasteiger partial charge on any atom is -0.481 e. The molecule has 2 aliphatic heterocycles. The van der Waals surface area contributed by atoms with Crippen LogP contribution in [0.25, 0.3) is 0 Å². The van der Waals surface area contributed by atoms with Crippen molar-refractivity contribution in [3.63, 3.8) is 0 Å². The molecule has 104 valence electrons. The Balaban J connectivity index is 1.87. The maximum atomic E-state index is 11.1. The number of fused-ring (bicyclic) bond motifs is 2. The lowest BCUT2D eigenvalue weighted by Gasteiger charge is -2.47. The molecule has 2 heterocycles. The summed E-state index contributed by atoms with van der Waals surface area (Å²) >= 11 is 0. The summed E-state index contributed by atoms with van der Waals surface area (Å²) in [5.41, 5.74) is -0.668. The standard InChI is InChI=1S/C14H26N2O2/c1-14(2,13(17)18)9-15-10-7-11-5-4-6-12(8-10)16(11)3/h10-12,15H,4-9H2,1-3H3,(H,17,18). The van der Waals surface area contributed by atoms with E-state index in [0.717, 1.165) is 0 Å². The maximum absolute atomic E-state index is 11.1. The third-order valence-corrected chi connectivity index (χ3v) is 4.75. The molecule has 2 saturated heterocycles. The van der Waals surface area contributed by atoms with E-state index < -0.39 is 11.4 Å². The van der Waals surface area contributed by atoms with Crippen LogP contribution in [0.4, 0.5) is 0 Å². The van der Waals surface area contributed by atoms with Gasteiger partial charge in [-0.3, -0.25) is 4.79 Å². The van der Waals surface area contributed by atoms with Crippen LogP contribution < -0.4 is 5.32 Å². The molecule has 0 aromatic heterocycles. The van der Waals surface area contributed by atoms with Crippen LogP contribution in [0.2, 0.25) is 0 Å². The van der Waals surface area contributed by atoms with E-state index in [2.05, 4.69) is 17.3 Å². The first-order valence-electron chi connectivity index (χ1n) is 7.09. The molecule has 0 aromatic carbocycles. The zero-order valence-corrected chi connectivity index (χ0v) is 11.8. The smallest absolute Gasteiger partial charge is 0.310 e. The van der Waals surface area contributed by atoms with Crippen LogP contribution in [-0.4, -0.2) is 47.7 Å². The SMILES string of the molecule is CN1C2CCCC1CC(NCC(C)(C)C(=O)O)C2. The van der Waals surface area contributed by atoms with E-state index in [1.807, 2.05) is 0 Å². The Morgan fingerprint density at radius 2 is 1.89 bits per heavy atom.